The van der Waals surface area contributed by atoms with Gasteiger partial charge in [-0.2, -0.15) is 11.8 Å². The zero-order valence-electron chi connectivity index (χ0n) is 20.0. The second kappa shape index (κ2) is 16.3. The molecule has 0 spiro atoms. The zero-order valence-corrected chi connectivity index (χ0v) is 20.8. The number of Topliss-reactive ketones (excluding diaryl/α,β-unsaturated/α-hetero) is 1. The molecule has 0 saturated carbocycles. The van der Waals surface area contributed by atoms with Gasteiger partial charge < -0.3 is 16.0 Å². The van der Waals surface area contributed by atoms with Gasteiger partial charge in [-0.25, -0.2) is 0 Å². The summed E-state index contributed by atoms with van der Waals surface area (Å²) in [6.07, 6.45) is 8.30. The number of hydrogen-bond donors (Lipinski definition) is 3. The number of nitrogens with one attached hydrogen (secondary N) is 3. The third-order valence-electron chi connectivity index (χ3n) is 4.73. The van der Waals surface area contributed by atoms with Crippen LogP contribution in [-0.4, -0.2) is 53.6 Å². The maximum Gasteiger partial charge on any atom is 0.243 e. The molecule has 0 rings (SSSR count). The minimum absolute atomic E-state index is 0.110. The molecule has 0 saturated heterocycles. The standard InChI is InChI=1S/C24H39N3O4S/c1-8-11-18(9-2)15-20(22(29)10-3)26-24(31)21(14-16(4)5)27-23(30)19(12-13-32-7)25-17(6)28/h8-9,11,16,19-21H,1-2,10,12-15H2,3-7H3,(H,25,28)(H,26,31)(H,27,30)/b18-11+. The fourth-order valence-electron chi connectivity index (χ4n) is 3.10. The van der Waals surface area contributed by atoms with E-state index in [9.17, 15) is 19.2 Å². The summed E-state index contributed by atoms with van der Waals surface area (Å²) < 4.78 is 0. The van der Waals surface area contributed by atoms with E-state index in [0.717, 1.165) is 5.57 Å². The highest BCUT2D eigenvalue weighted by Gasteiger charge is 2.29. The number of thioether (sulfide) groups is 1. The first-order chi connectivity index (χ1) is 15.1. The lowest BCUT2D eigenvalue weighted by atomic mass is 9.98. The Morgan fingerprint density at radius 1 is 0.969 bits per heavy atom. The summed E-state index contributed by atoms with van der Waals surface area (Å²) in [6.45, 7) is 14.4. The summed E-state index contributed by atoms with van der Waals surface area (Å²) in [7, 11) is 0. The van der Waals surface area contributed by atoms with Crippen molar-refractivity contribution in [3.05, 3.63) is 37.0 Å². The molecule has 3 N–H and O–H groups in total. The van der Waals surface area contributed by atoms with Crippen molar-refractivity contribution in [2.45, 2.75) is 71.5 Å². The fraction of sp³-hybridized carbons (Fsp3) is 0.583. The monoisotopic (exact) mass is 465 g/mol. The Morgan fingerprint density at radius 3 is 2.03 bits per heavy atom. The molecular formula is C24H39N3O4S. The highest BCUT2D eigenvalue weighted by molar-refractivity contribution is 7.98. The lowest BCUT2D eigenvalue weighted by Gasteiger charge is -2.26. The summed E-state index contributed by atoms with van der Waals surface area (Å²) in [4.78, 5) is 49.9. The average Bonchev–Trinajstić information content (AvgIpc) is 2.73. The number of carbonyl (C=O) groups excluding carboxylic acids is 4. The summed E-state index contributed by atoms with van der Waals surface area (Å²) in [6, 6.07) is -2.28. The van der Waals surface area contributed by atoms with Crippen LogP contribution in [0.1, 0.15) is 53.4 Å². The van der Waals surface area contributed by atoms with Gasteiger partial charge in [0.05, 0.1) is 6.04 Å². The molecule has 0 aliphatic heterocycles. The Balaban J connectivity index is 5.58. The Morgan fingerprint density at radius 2 is 1.56 bits per heavy atom. The molecular weight excluding hydrogens is 426 g/mol. The van der Waals surface area contributed by atoms with Gasteiger partial charge in [0.1, 0.15) is 12.1 Å². The molecule has 3 unspecified atom stereocenters. The van der Waals surface area contributed by atoms with Gasteiger partial charge in [0.2, 0.25) is 17.7 Å². The van der Waals surface area contributed by atoms with Crippen molar-refractivity contribution in [2.75, 3.05) is 12.0 Å². The number of carbonyl (C=O) groups is 4. The summed E-state index contributed by atoms with van der Waals surface area (Å²) in [5.41, 5.74) is 0.777. The maximum atomic E-state index is 13.1. The van der Waals surface area contributed by atoms with Crippen LogP contribution < -0.4 is 16.0 Å². The normalized spacial score (nSPS) is 14.1. The van der Waals surface area contributed by atoms with E-state index in [4.69, 9.17) is 0 Å². The minimum atomic E-state index is -0.823. The molecule has 0 bridgehead atoms. The van der Waals surface area contributed by atoms with Gasteiger partial charge in [0.15, 0.2) is 5.78 Å². The van der Waals surface area contributed by atoms with Crippen LogP contribution in [0.3, 0.4) is 0 Å². The Bertz CT molecular complexity index is 703. The summed E-state index contributed by atoms with van der Waals surface area (Å²) in [5, 5.41) is 8.24. The molecule has 0 fully saturated rings. The van der Waals surface area contributed by atoms with E-state index in [0.29, 0.717) is 25.0 Å². The zero-order chi connectivity index (χ0) is 24.7. The second-order valence-corrected chi connectivity index (χ2v) is 8.98. The van der Waals surface area contributed by atoms with Crippen LogP contribution in [-0.2, 0) is 19.2 Å². The molecule has 0 radical (unpaired) electrons. The molecule has 8 heteroatoms. The molecule has 32 heavy (non-hydrogen) atoms. The van der Waals surface area contributed by atoms with Gasteiger partial charge >= 0.3 is 0 Å². The van der Waals surface area contributed by atoms with Crippen molar-refractivity contribution in [1.29, 1.82) is 0 Å². The largest absolute Gasteiger partial charge is 0.345 e. The molecule has 3 atom stereocenters. The van der Waals surface area contributed by atoms with Crippen LogP contribution >= 0.6 is 11.8 Å². The first-order valence-corrected chi connectivity index (χ1v) is 12.3. The molecule has 0 aliphatic carbocycles. The fourth-order valence-corrected chi connectivity index (χ4v) is 3.57. The van der Waals surface area contributed by atoms with Gasteiger partial charge in [-0.15, -0.1) is 0 Å². The van der Waals surface area contributed by atoms with E-state index < -0.39 is 29.9 Å². The summed E-state index contributed by atoms with van der Waals surface area (Å²) >= 11 is 1.57. The van der Waals surface area contributed by atoms with Crippen molar-refractivity contribution >= 4 is 35.3 Å². The van der Waals surface area contributed by atoms with Crippen LogP contribution in [0.15, 0.2) is 37.0 Å². The van der Waals surface area contributed by atoms with Gasteiger partial charge in [-0.3, -0.25) is 19.2 Å². The van der Waals surface area contributed by atoms with Gasteiger partial charge in [-0.1, -0.05) is 52.2 Å². The van der Waals surface area contributed by atoms with Gasteiger partial charge in [-0.05, 0) is 42.8 Å². The van der Waals surface area contributed by atoms with Crippen molar-refractivity contribution in [3.8, 4) is 0 Å². The number of rotatable bonds is 16. The molecule has 0 aliphatic rings. The quantitative estimate of drug-likeness (QED) is 0.304. The topological polar surface area (TPSA) is 104 Å². The summed E-state index contributed by atoms with van der Waals surface area (Å²) in [5.74, 6) is -0.441. The van der Waals surface area contributed by atoms with Crippen LogP contribution in [0.5, 0.6) is 0 Å². The van der Waals surface area contributed by atoms with E-state index in [1.165, 1.54) is 6.92 Å². The Kier molecular flexibility index (Phi) is 15.1. The van der Waals surface area contributed by atoms with Gasteiger partial charge in [0.25, 0.3) is 0 Å². The lowest BCUT2D eigenvalue weighted by Crippen LogP contribution is -2.56. The van der Waals surface area contributed by atoms with Crippen LogP contribution in [0.25, 0.3) is 0 Å². The molecule has 0 aromatic carbocycles. The third kappa shape index (κ3) is 11.9. The third-order valence-corrected chi connectivity index (χ3v) is 5.38. The lowest BCUT2D eigenvalue weighted by molar-refractivity contribution is -0.133. The first-order valence-electron chi connectivity index (χ1n) is 10.9. The molecule has 0 aromatic heterocycles. The molecule has 7 nitrogen and oxygen atoms in total. The van der Waals surface area contributed by atoms with E-state index in [2.05, 4.69) is 29.1 Å². The molecule has 3 amide bonds. The van der Waals surface area contributed by atoms with Gasteiger partial charge in [0, 0.05) is 13.3 Å². The predicted octanol–water partition coefficient (Wildman–Crippen LogP) is 2.93. The SMILES string of the molecule is C=C/C=C(\C=C)CC(NC(=O)C(CC(C)C)NC(=O)C(CCSC)NC(C)=O)C(=O)CC. The Hall–Kier alpha value is -2.35. The van der Waals surface area contributed by atoms with Crippen LogP contribution in [0, 0.1) is 5.92 Å². The van der Waals surface area contributed by atoms with Crippen molar-refractivity contribution < 1.29 is 19.2 Å². The smallest absolute Gasteiger partial charge is 0.243 e. The number of ketones is 1. The Labute approximate surface area is 196 Å². The van der Waals surface area contributed by atoms with Crippen molar-refractivity contribution in [3.63, 3.8) is 0 Å². The van der Waals surface area contributed by atoms with Crippen LogP contribution in [0.2, 0.25) is 0 Å². The average molecular weight is 466 g/mol. The highest BCUT2D eigenvalue weighted by Crippen LogP contribution is 2.12. The molecule has 0 aromatic rings. The minimum Gasteiger partial charge on any atom is -0.345 e. The van der Waals surface area contributed by atoms with Crippen molar-refractivity contribution in [1.82, 2.24) is 16.0 Å². The maximum absolute atomic E-state index is 13.1. The van der Waals surface area contributed by atoms with E-state index in [1.807, 2.05) is 20.1 Å². The number of hydrogen-bond acceptors (Lipinski definition) is 5. The van der Waals surface area contributed by atoms with E-state index >= 15 is 0 Å². The first kappa shape index (κ1) is 29.7. The predicted molar refractivity (Wildman–Crippen MR) is 132 cm³/mol. The number of amides is 3. The molecule has 180 valence electrons. The van der Waals surface area contributed by atoms with E-state index in [-0.39, 0.29) is 24.0 Å². The second-order valence-electron chi connectivity index (χ2n) is 7.99. The van der Waals surface area contributed by atoms with Crippen molar-refractivity contribution in [2.24, 2.45) is 5.92 Å². The highest BCUT2D eigenvalue weighted by atomic mass is 32.2. The molecule has 0 heterocycles. The van der Waals surface area contributed by atoms with Crippen LogP contribution in [0.4, 0.5) is 0 Å². The van der Waals surface area contributed by atoms with E-state index in [1.54, 1.807) is 36.9 Å². The number of allylic oxidation sites excluding steroid dienone is 3.